The molecule has 1 amide bonds. The van der Waals surface area contributed by atoms with Crippen LogP contribution in [0.15, 0.2) is 24.3 Å². The van der Waals surface area contributed by atoms with Gasteiger partial charge in [-0.3, -0.25) is 4.79 Å². The predicted molar refractivity (Wildman–Crippen MR) is 92.5 cm³/mol. The fourth-order valence-corrected chi connectivity index (χ4v) is 3.48. The van der Waals surface area contributed by atoms with Crippen LogP contribution < -0.4 is 0 Å². The maximum atomic E-state index is 13.3. The molecule has 0 aliphatic heterocycles. The maximum absolute atomic E-state index is 13.3. The van der Waals surface area contributed by atoms with Crippen LogP contribution in [-0.4, -0.2) is 33.7 Å². The van der Waals surface area contributed by atoms with E-state index in [-0.39, 0.29) is 5.91 Å². The Bertz CT molecular complexity index is 790. The van der Waals surface area contributed by atoms with Gasteiger partial charge in [0.2, 0.25) is 0 Å². The average Bonchev–Trinajstić information content (AvgIpc) is 3.03. The van der Waals surface area contributed by atoms with E-state index in [4.69, 9.17) is 0 Å². The standard InChI is InChI=1S/C19H22F3N3O/c1-3-24(4-2)18(26)13-9-11-14(12-10-13)25-16-8-6-5-7-15(16)17(23-25)19(20,21)22/h9-12H,3-8H2,1-2H3. The Labute approximate surface area is 150 Å². The molecule has 1 aliphatic rings. The van der Waals surface area contributed by atoms with Gasteiger partial charge in [0.05, 0.1) is 5.69 Å². The molecule has 0 spiro atoms. The third-order valence-electron chi connectivity index (χ3n) is 4.86. The van der Waals surface area contributed by atoms with E-state index >= 15 is 0 Å². The number of hydrogen-bond donors (Lipinski definition) is 0. The molecule has 140 valence electrons. The number of aromatic nitrogens is 2. The first-order valence-corrected chi connectivity index (χ1v) is 8.94. The predicted octanol–water partition coefficient (Wildman–Crippen LogP) is 4.25. The van der Waals surface area contributed by atoms with Crippen molar-refractivity contribution in [2.45, 2.75) is 45.7 Å². The van der Waals surface area contributed by atoms with Crippen LogP contribution in [0.1, 0.15) is 54.0 Å². The van der Waals surface area contributed by atoms with Crippen molar-refractivity contribution in [1.82, 2.24) is 14.7 Å². The second kappa shape index (κ2) is 7.13. The van der Waals surface area contributed by atoms with E-state index in [1.807, 2.05) is 13.8 Å². The molecule has 0 radical (unpaired) electrons. The number of amides is 1. The van der Waals surface area contributed by atoms with Crippen molar-refractivity contribution in [2.75, 3.05) is 13.1 Å². The van der Waals surface area contributed by atoms with Crippen LogP contribution in [-0.2, 0) is 19.0 Å². The van der Waals surface area contributed by atoms with E-state index in [1.165, 1.54) is 4.68 Å². The highest BCUT2D eigenvalue weighted by atomic mass is 19.4. The summed E-state index contributed by atoms with van der Waals surface area (Å²) >= 11 is 0. The Balaban J connectivity index is 1.97. The second-order valence-electron chi connectivity index (χ2n) is 6.41. The van der Waals surface area contributed by atoms with E-state index in [0.717, 1.165) is 12.8 Å². The molecule has 1 aromatic carbocycles. The molecular formula is C19H22F3N3O. The minimum absolute atomic E-state index is 0.0833. The van der Waals surface area contributed by atoms with Crippen LogP contribution in [0.3, 0.4) is 0 Å². The molecule has 2 aromatic rings. The first-order valence-electron chi connectivity index (χ1n) is 8.94. The minimum atomic E-state index is -4.45. The summed E-state index contributed by atoms with van der Waals surface area (Å²) in [6.07, 6.45) is -1.86. The molecule has 0 unspecified atom stereocenters. The van der Waals surface area contributed by atoms with Gasteiger partial charge in [0.1, 0.15) is 0 Å². The van der Waals surface area contributed by atoms with E-state index < -0.39 is 11.9 Å². The van der Waals surface area contributed by atoms with Crippen LogP contribution in [0, 0.1) is 0 Å². The molecule has 0 bridgehead atoms. The van der Waals surface area contributed by atoms with Crippen LogP contribution in [0.2, 0.25) is 0 Å². The van der Waals surface area contributed by atoms with Gasteiger partial charge in [0.15, 0.2) is 5.69 Å². The average molecular weight is 365 g/mol. The molecule has 7 heteroatoms. The molecule has 4 nitrogen and oxygen atoms in total. The normalized spacial score (nSPS) is 14.2. The Kier molecular flexibility index (Phi) is 5.07. The van der Waals surface area contributed by atoms with Crippen LogP contribution >= 0.6 is 0 Å². The van der Waals surface area contributed by atoms with Crippen molar-refractivity contribution < 1.29 is 18.0 Å². The zero-order valence-electron chi connectivity index (χ0n) is 14.9. The molecule has 26 heavy (non-hydrogen) atoms. The van der Waals surface area contributed by atoms with Crippen molar-refractivity contribution in [3.63, 3.8) is 0 Å². The van der Waals surface area contributed by atoms with Gasteiger partial charge in [-0.05, 0) is 63.8 Å². The number of carbonyl (C=O) groups excluding carboxylic acids is 1. The zero-order valence-corrected chi connectivity index (χ0v) is 14.9. The molecule has 0 N–H and O–H groups in total. The highest BCUT2D eigenvalue weighted by Crippen LogP contribution is 2.36. The molecule has 1 aliphatic carbocycles. The SMILES string of the molecule is CCN(CC)C(=O)c1ccc(-n2nc(C(F)(F)F)c3c2CCCC3)cc1. The molecule has 0 saturated carbocycles. The number of benzene rings is 1. The van der Waals surface area contributed by atoms with Crippen LogP contribution in [0.4, 0.5) is 13.2 Å². The summed E-state index contributed by atoms with van der Waals surface area (Å²) in [4.78, 5) is 14.1. The molecular weight excluding hydrogens is 343 g/mol. The minimum Gasteiger partial charge on any atom is -0.339 e. The Morgan fingerprint density at radius 1 is 1.12 bits per heavy atom. The number of fused-ring (bicyclic) bond motifs is 1. The molecule has 0 saturated heterocycles. The second-order valence-corrected chi connectivity index (χ2v) is 6.41. The number of hydrogen-bond acceptors (Lipinski definition) is 2. The first-order chi connectivity index (χ1) is 12.4. The van der Waals surface area contributed by atoms with E-state index in [0.29, 0.717) is 48.4 Å². The van der Waals surface area contributed by atoms with Gasteiger partial charge in [-0.2, -0.15) is 18.3 Å². The highest BCUT2D eigenvalue weighted by molar-refractivity contribution is 5.94. The quantitative estimate of drug-likeness (QED) is 0.812. The third-order valence-corrected chi connectivity index (χ3v) is 4.86. The summed E-state index contributed by atoms with van der Waals surface area (Å²) in [5.74, 6) is -0.0833. The van der Waals surface area contributed by atoms with E-state index in [1.54, 1.807) is 29.2 Å². The van der Waals surface area contributed by atoms with Crippen molar-refractivity contribution in [3.05, 3.63) is 46.8 Å². The van der Waals surface area contributed by atoms with Crippen molar-refractivity contribution in [1.29, 1.82) is 0 Å². The molecule has 1 heterocycles. The third kappa shape index (κ3) is 3.34. The summed E-state index contributed by atoms with van der Waals surface area (Å²) in [7, 11) is 0. The first kappa shape index (κ1) is 18.5. The fourth-order valence-electron chi connectivity index (χ4n) is 3.48. The van der Waals surface area contributed by atoms with Gasteiger partial charge < -0.3 is 4.90 Å². The number of carbonyl (C=O) groups is 1. The lowest BCUT2D eigenvalue weighted by molar-refractivity contribution is -0.142. The van der Waals surface area contributed by atoms with Gasteiger partial charge in [0, 0.05) is 29.9 Å². The van der Waals surface area contributed by atoms with Crippen molar-refractivity contribution in [2.24, 2.45) is 0 Å². The molecule has 0 fully saturated rings. The monoisotopic (exact) mass is 365 g/mol. The van der Waals surface area contributed by atoms with Gasteiger partial charge in [-0.1, -0.05) is 0 Å². The maximum Gasteiger partial charge on any atom is 0.435 e. The fraction of sp³-hybridized carbons (Fsp3) is 0.474. The van der Waals surface area contributed by atoms with Crippen molar-refractivity contribution in [3.8, 4) is 5.69 Å². The Hall–Kier alpha value is -2.31. The lowest BCUT2D eigenvalue weighted by Crippen LogP contribution is -2.30. The van der Waals surface area contributed by atoms with Gasteiger partial charge in [-0.25, -0.2) is 4.68 Å². The lowest BCUT2D eigenvalue weighted by Gasteiger charge is -2.19. The molecule has 1 aromatic heterocycles. The Morgan fingerprint density at radius 2 is 1.73 bits per heavy atom. The van der Waals surface area contributed by atoms with E-state index in [9.17, 15) is 18.0 Å². The number of halogens is 3. The van der Waals surface area contributed by atoms with Crippen molar-refractivity contribution >= 4 is 5.91 Å². The van der Waals surface area contributed by atoms with Gasteiger partial charge in [-0.15, -0.1) is 0 Å². The molecule has 3 rings (SSSR count). The number of nitrogens with zero attached hydrogens (tertiary/aromatic N) is 3. The Morgan fingerprint density at radius 3 is 2.31 bits per heavy atom. The van der Waals surface area contributed by atoms with Gasteiger partial charge >= 0.3 is 6.18 Å². The summed E-state index contributed by atoms with van der Waals surface area (Å²) in [6, 6.07) is 6.64. The lowest BCUT2D eigenvalue weighted by atomic mass is 9.95. The smallest absolute Gasteiger partial charge is 0.339 e. The van der Waals surface area contributed by atoms with E-state index in [2.05, 4.69) is 5.10 Å². The molecule has 0 atom stereocenters. The zero-order chi connectivity index (χ0) is 18.9. The number of alkyl halides is 3. The summed E-state index contributed by atoms with van der Waals surface area (Å²) < 4.78 is 41.3. The van der Waals surface area contributed by atoms with Crippen LogP contribution in [0.25, 0.3) is 5.69 Å². The summed E-state index contributed by atoms with van der Waals surface area (Å²) in [5, 5.41) is 3.87. The summed E-state index contributed by atoms with van der Waals surface area (Å²) in [5.41, 5.74) is 1.23. The topological polar surface area (TPSA) is 38.1 Å². The summed E-state index contributed by atoms with van der Waals surface area (Å²) in [6.45, 7) is 5.03. The largest absolute Gasteiger partial charge is 0.435 e. The number of rotatable bonds is 4. The van der Waals surface area contributed by atoms with Crippen LogP contribution in [0.5, 0.6) is 0 Å². The highest BCUT2D eigenvalue weighted by Gasteiger charge is 2.39. The van der Waals surface area contributed by atoms with Gasteiger partial charge in [0.25, 0.3) is 5.91 Å².